The number of amides is 1. The zero-order valence-corrected chi connectivity index (χ0v) is 10.8. The average Bonchev–Trinajstić information content (AvgIpc) is 2.62. The van der Waals surface area contributed by atoms with E-state index in [2.05, 4.69) is 24.5 Å². The number of carbonyl (C=O) groups is 1. The van der Waals surface area contributed by atoms with Crippen LogP contribution in [0.1, 0.15) is 27.2 Å². The number of nitrogens with zero attached hydrogens (tertiary/aromatic N) is 1. The lowest BCUT2D eigenvalue weighted by Gasteiger charge is -2.34. The molecular formula is C12H18N2OS. The van der Waals surface area contributed by atoms with Gasteiger partial charge in [-0.1, -0.05) is 13.8 Å². The second-order valence-corrected chi connectivity index (χ2v) is 5.51. The first-order valence-corrected chi connectivity index (χ1v) is 6.63. The van der Waals surface area contributed by atoms with Crippen molar-refractivity contribution in [3.8, 4) is 0 Å². The van der Waals surface area contributed by atoms with Crippen molar-refractivity contribution in [2.75, 3.05) is 16.8 Å². The average molecular weight is 238 g/mol. The molecule has 0 fully saturated rings. The molecule has 0 bridgehead atoms. The summed E-state index contributed by atoms with van der Waals surface area (Å²) in [7, 11) is 0. The van der Waals surface area contributed by atoms with E-state index in [9.17, 15) is 4.79 Å². The quantitative estimate of drug-likeness (QED) is 0.859. The Kier molecular flexibility index (Phi) is 3.19. The summed E-state index contributed by atoms with van der Waals surface area (Å²) in [6.45, 7) is 6.85. The van der Waals surface area contributed by atoms with E-state index in [0.29, 0.717) is 12.0 Å². The standard InChI is InChI=1S/C12H18N2OS/c1-8(2)4-10-5-14(9(3)15)12-7-16-6-11(12)13-10/h6-8,10,13H,4-5H2,1-3H3/t10-/m1/s1. The zero-order valence-electron chi connectivity index (χ0n) is 9.99. The molecule has 1 aliphatic heterocycles. The van der Waals surface area contributed by atoms with Crippen LogP contribution in [0.4, 0.5) is 11.4 Å². The number of fused-ring (bicyclic) bond motifs is 1. The molecule has 0 saturated heterocycles. The Morgan fingerprint density at radius 3 is 3.00 bits per heavy atom. The lowest BCUT2D eigenvalue weighted by atomic mass is 10.0. The molecule has 0 aromatic carbocycles. The molecule has 0 spiro atoms. The lowest BCUT2D eigenvalue weighted by molar-refractivity contribution is -0.116. The molecule has 2 rings (SSSR count). The second kappa shape index (κ2) is 4.45. The van der Waals surface area contributed by atoms with Crippen molar-refractivity contribution < 1.29 is 4.79 Å². The van der Waals surface area contributed by atoms with Crippen molar-refractivity contribution in [2.24, 2.45) is 5.92 Å². The van der Waals surface area contributed by atoms with Crippen molar-refractivity contribution in [2.45, 2.75) is 33.2 Å². The van der Waals surface area contributed by atoms with Gasteiger partial charge in [0.15, 0.2) is 0 Å². The molecule has 1 amide bonds. The molecular weight excluding hydrogens is 220 g/mol. The molecule has 2 heterocycles. The van der Waals surface area contributed by atoms with Gasteiger partial charge in [0, 0.05) is 30.3 Å². The first kappa shape index (κ1) is 11.5. The Balaban J connectivity index is 2.20. The highest BCUT2D eigenvalue weighted by Gasteiger charge is 2.27. The number of anilines is 2. The highest BCUT2D eigenvalue weighted by Crippen LogP contribution is 2.35. The first-order valence-electron chi connectivity index (χ1n) is 5.68. The molecule has 0 aliphatic carbocycles. The van der Waals surface area contributed by atoms with E-state index in [0.717, 1.165) is 24.3 Å². The van der Waals surface area contributed by atoms with Gasteiger partial charge in [-0.05, 0) is 12.3 Å². The fourth-order valence-corrected chi connectivity index (χ4v) is 2.97. The summed E-state index contributed by atoms with van der Waals surface area (Å²) in [5.41, 5.74) is 2.15. The molecule has 1 aliphatic rings. The number of carbonyl (C=O) groups excluding carboxylic acids is 1. The maximum atomic E-state index is 11.6. The van der Waals surface area contributed by atoms with Crippen LogP contribution in [0.5, 0.6) is 0 Å². The van der Waals surface area contributed by atoms with Crippen molar-refractivity contribution >= 4 is 28.6 Å². The summed E-state index contributed by atoms with van der Waals surface area (Å²) in [6.07, 6.45) is 1.10. The first-order chi connectivity index (χ1) is 7.58. The Bertz CT molecular complexity index is 386. The molecule has 1 aromatic rings. The number of thiophene rings is 1. The number of nitrogens with one attached hydrogen (secondary N) is 1. The van der Waals surface area contributed by atoms with Crippen molar-refractivity contribution in [3.05, 3.63) is 10.8 Å². The van der Waals surface area contributed by atoms with Crippen LogP contribution in [-0.4, -0.2) is 18.5 Å². The third-order valence-corrected chi connectivity index (χ3v) is 3.56. The van der Waals surface area contributed by atoms with Gasteiger partial charge in [-0.2, -0.15) is 0 Å². The maximum absolute atomic E-state index is 11.6. The van der Waals surface area contributed by atoms with Gasteiger partial charge in [0.2, 0.25) is 5.91 Å². The number of hydrogen-bond donors (Lipinski definition) is 1. The summed E-state index contributed by atoms with van der Waals surface area (Å²) < 4.78 is 0. The van der Waals surface area contributed by atoms with E-state index in [4.69, 9.17) is 0 Å². The van der Waals surface area contributed by atoms with Crippen LogP contribution < -0.4 is 10.2 Å². The van der Waals surface area contributed by atoms with Gasteiger partial charge in [0.25, 0.3) is 0 Å². The molecule has 4 heteroatoms. The monoisotopic (exact) mass is 238 g/mol. The SMILES string of the molecule is CC(=O)N1C[C@@H](CC(C)C)Nc2cscc21. The smallest absolute Gasteiger partial charge is 0.224 e. The highest BCUT2D eigenvalue weighted by atomic mass is 32.1. The largest absolute Gasteiger partial charge is 0.378 e. The molecule has 0 saturated carbocycles. The number of hydrogen-bond acceptors (Lipinski definition) is 3. The van der Waals surface area contributed by atoms with Gasteiger partial charge in [-0.3, -0.25) is 4.79 Å². The summed E-state index contributed by atoms with van der Waals surface area (Å²) in [6, 6.07) is 0.381. The van der Waals surface area contributed by atoms with Gasteiger partial charge in [-0.25, -0.2) is 0 Å². The molecule has 1 aromatic heterocycles. The van der Waals surface area contributed by atoms with Crippen LogP contribution in [-0.2, 0) is 4.79 Å². The van der Waals surface area contributed by atoms with E-state index < -0.39 is 0 Å². The molecule has 3 nitrogen and oxygen atoms in total. The zero-order chi connectivity index (χ0) is 11.7. The molecule has 0 radical (unpaired) electrons. The van der Waals surface area contributed by atoms with E-state index >= 15 is 0 Å². The second-order valence-electron chi connectivity index (χ2n) is 4.77. The van der Waals surface area contributed by atoms with Crippen LogP contribution in [0, 0.1) is 5.92 Å². The van der Waals surface area contributed by atoms with Crippen LogP contribution >= 0.6 is 11.3 Å². The minimum Gasteiger partial charge on any atom is -0.378 e. The van der Waals surface area contributed by atoms with Crippen molar-refractivity contribution in [3.63, 3.8) is 0 Å². The summed E-state index contributed by atoms with van der Waals surface area (Å²) in [5, 5.41) is 7.63. The Hall–Kier alpha value is -1.03. The third-order valence-electron chi connectivity index (χ3n) is 2.83. The minimum absolute atomic E-state index is 0.134. The molecule has 1 N–H and O–H groups in total. The number of rotatable bonds is 2. The Morgan fingerprint density at radius 1 is 1.62 bits per heavy atom. The van der Waals surface area contributed by atoms with Gasteiger partial charge < -0.3 is 10.2 Å². The van der Waals surface area contributed by atoms with Gasteiger partial charge >= 0.3 is 0 Å². The third kappa shape index (κ3) is 2.21. The van der Waals surface area contributed by atoms with Crippen LogP contribution in [0.15, 0.2) is 10.8 Å². The van der Waals surface area contributed by atoms with E-state index in [1.807, 2.05) is 10.3 Å². The summed E-state index contributed by atoms with van der Waals surface area (Å²) in [5.74, 6) is 0.779. The minimum atomic E-state index is 0.134. The van der Waals surface area contributed by atoms with Gasteiger partial charge in [0.05, 0.1) is 11.4 Å². The van der Waals surface area contributed by atoms with E-state index in [-0.39, 0.29) is 5.91 Å². The predicted octanol–water partition coefficient (Wildman–Crippen LogP) is 2.94. The van der Waals surface area contributed by atoms with Crippen LogP contribution in [0.3, 0.4) is 0 Å². The predicted molar refractivity (Wildman–Crippen MR) is 69.2 cm³/mol. The summed E-state index contributed by atoms with van der Waals surface area (Å²) in [4.78, 5) is 13.5. The molecule has 88 valence electrons. The fraction of sp³-hybridized carbons (Fsp3) is 0.583. The normalized spacial score (nSPS) is 19.5. The molecule has 16 heavy (non-hydrogen) atoms. The van der Waals surface area contributed by atoms with Gasteiger partial charge in [0.1, 0.15) is 0 Å². The van der Waals surface area contributed by atoms with Crippen molar-refractivity contribution in [1.29, 1.82) is 0 Å². The topological polar surface area (TPSA) is 32.3 Å². The molecule has 1 atom stereocenters. The Morgan fingerprint density at radius 2 is 2.38 bits per heavy atom. The van der Waals surface area contributed by atoms with Gasteiger partial charge in [-0.15, -0.1) is 11.3 Å². The van der Waals surface area contributed by atoms with Crippen LogP contribution in [0.2, 0.25) is 0 Å². The highest BCUT2D eigenvalue weighted by molar-refractivity contribution is 7.09. The van der Waals surface area contributed by atoms with Crippen molar-refractivity contribution in [1.82, 2.24) is 0 Å². The fourth-order valence-electron chi connectivity index (χ4n) is 2.19. The van der Waals surface area contributed by atoms with E-state index in [1.54, 1.807) is 18.3 Å². The summed E-state index contributed by atoms with van der Waals surface area (Å²) >= 11 is 1.64. The van der Waals surface area contributed by atoms with Crippen LogP contribution in [0.25, 0.3) is 0 Å². The Labute approximate surface area is 100 Å². The van der Waals surface area contributed by atoms with E-state index in [1.165, 1.54) is 0 Å². The maximum Gasteiger partial charge on any atom is 0.224 e. The molecule has 0 unspecified atom stereocenters. The lowest BCUT2D eigenvalue weighted by Crippen LogP contribution is -2.43.